The third kappa shape index (κ3) is 4.93. The van der Waals surface area contributed by atoms with Gasteiger partial charge in [0.05, 0.1) is 24.7 Å². The summed E-state index contributed by atoms with van der Waals surface area (Å²) >= 11 is 0. The molecule has 0 bridgehead atoms. The number of rotatable bonds is 6. The van der Waals surface area contributed by atoms with Crippen LogP contribution >= 0.6 is 12.4 Å². The summed E-state index contributed by atoms with van der Waals surface area (Å²) in [6, 6.07) is 21.0. The standard InChI is InChI=1S/C26H25N7.ClH/c27-11-10-20-6-8-21(9-7-20)24-26(29-13-12-28-24)33-16-14-32(15-17-33)25(23-18-30-31-19-23)22-4-2-1-3-5-22;/h1-9,12-13,18-19,25H,10,14-17H2,(H,30,31);1H. The van der Waals surface area contributed by atoms with Crippen LogP contribution in [-0.4, -0.2) is 51.2 Å². The van der Waals surface area contributed by atoms with E-state index in [4.69, 9.17) is 10.2 Å². The molecule has 8 heteroatoms. The maximum atomic E-state index is 8.93. The predicted molar refractivity (Wildman–Crippen MR) is 135 cm³/mol. The Kier molecular flexibility index (Phi) is 7.53. The third-order valence-corrected chi connectivity index (χ3v) is 6.12. The molecule has 172 valence electrons. The maximum absolute atomic E-state index is 8.93. The molecule has 1 fully saturated rings. The van der Waals surface area contributed by atoms with Crippen LogP contribution in [0.5, 0.6) is 0 Å². The molecule has 1 saturated heterocycles. The van der Waals surface area contributed by atoms with Gasteiger partial charge in [0, 0.05) is 55.9 Å². The molecule has 4 aromatic rings. The van der Waals surface area contributed by atoms with Crippen molar-refractivity contribution in [2.75, 3.05) is 31.1 Å². The molecule has 34 heavy (non-hydrogen) atoms. The highest BCUT2D eigenvalue weighted by molar-refractivity contribution is 5.85. The highest BCUT2D eigenvalue weighted by atomic mass is 35.5. The molecule has 0 aliphatic carbocycles. The van der Waals surface area contributed by atoms with E-state index < -0.39 is 0 Å². The van der Waals surface area contributed by atoms with E-state index in [-0.39, 0.29) is 18.4 Å². The molecule has 1 N–H and O–H groups in total. The number of nitrogens with zero attached hydrogens (tertiary/aromatic N) is 6. The van der Waals surface area contributed by atoms with Crippen molar-refractivity contribution in [3.05, 3.63) is 96.1 Å². The van der Waals surface area contributed by atoms with Crippen molar-refractivity contribution in [1.29, 1.82) is 5.26 Å². The maximum Gasteiger partial charge on any atom is 0.155 e. The Morgan fingerprint density at radius 1 is 0.912 bits per heavy atom. The van der Waals surface area contributed by atoms with Crippen LogP contribution in [-0.2, 0) is 6.42 Å². The Morgan fingerprint density at radius 2 is 1.65 bits per heavy atom. The van der Waals surface area contributed by atoms with Crippen LogP contribution in [0.4, 0.5) is 5.82 Å². The molecule has 1 aliphatic heterocycles. The van der Waals surface area contributed by atoms with Gasteiger partial charge in [0.1, 0.15) is 5.69 Å². The highest BCUT2D eigenvalue weighted by Gasteiger charge is 2.28. The minimum atomic E-state index is 0. The average molecular weight is 472 g/mol. The summed E-state index contributed by atoms with van der Waals surface area (Å²) in [5.41, 5.74) is 5.34. The monoisotopic (exact) mass is 471 g/mol. The van der Waals surface area contributed by atoms with Gasteiger partial charge >= 0.3 is 0 Å². The summed E-state index contributed by atoms with van der Waals surface area (Å²) in [5.74, 6) is 0.907. The molecule has 3 heterocycles. The van der Waals surface area contributed by atoms with Crippen LogP contribution in [0, 0.1) is 11.3 Å². The van der Waals surface area contributed by atoms with Gasteiger partial charge in [-0.3, -0.25) is 15.0 Å². The minimum Gasteiger partial charge on any atom is -0.352 e. The molecule has 1 unspecified atom stereocenters. The van der Waals surface area contributed by atoms with Crippen molar-refractivity contribution in [3.63, 3.8) is 0 Å². The molecule has 5 rings (SSSR count). The molecule has 0 amide bonds. The van der Waals surface area contributed by atoms with E-state index in [1.54, 1.807) is 12.4 Å². The summed E-state index contributed by atoms with van der Waals surface area (Å²) in [5, 5.41) is 16.1. The number of benzene rings is 2. The number of aromatic nitrogens is 4. The Hall–Kier alpha value is -3.73. The van der Waals surface area contributed by atoms with Gasteiger partial charge in [0.25, 0.3) is 0 Å². The quantitative estimate of drug-likeness (QED) is 0.452. The lowest BCUT2D eigenvalue weighted by Gasteiger charge is -2.40. The number of nitrogens with one attached hydrogen (secondary N) is 1. The lowest BCUT2D eigenvalue weighted by molar-refractivity contribution is 0.212. The fraction of sp³-hybridized carbons (Fsp3) is 0.231. The van der Waals surface area contributed by atoms with E-state index >= 15 is 0 Å². The average Bonchev–Trinajstić information content (AvgIpc) is 3.41. The largest absolute Gasteiger partial charge is 0.352 e. The number of anilines is 1. The lowest BCUT2D eigenvalue weighted by atomic mass is 9.99. The third-order valence-electron chi connectivity index (χ3n) is 6.12. The zero-order valence-electron chi connectivity index (χ0n) is 18.7. The summed E-state index contributed by atoms with van der Waals surface area (Å²) in [6.45, 7) is 3.53. The number of hydrogen-bond donors (Lipinski definition) is 1. The smallest absolute Gasteiger partial charge is 0.155 e. The van der Waals surface area contributed by atoms with Crippen LogP contribution in [0.15, 0.2) is 79.4 Å². The Bertz CT molecular complexity index is 1210. The molecule has 7 nitrogen and oxygen atoms in total. The van der Waals surface area contributed by atoms with Crippen LogP contribution in [0.2, 0.25) is 0 Å². The molecular weight excluding hydrogens is 446 g/mol. The van der Waals surface area contributed by atoms with Crippen molar-refractivity contribution in [1.82, 2.24) is 25.1 Å². The highest BCUT2D eigenvalue weighted by Crippen LogP contribution is 2.32. The second-order valence-electron chi connectivity index (χ2n) is 8.13. The zero-order chi connectivity index (χ0) is 22.5. The normalized spacial score (nSPS) is 14.7. The fourth-order valence-electron chi connectivity index (χ4n) is 4.49. The zero-order valence-corrected chi connectivity index (χ0v) is 19.5. The predicted octanol–water partition coefficient (Wildman–Crippen LogP) is 4.27. The van der Waals surface area contributed by atoms with Gasteiger partial charge in [-0.05, 0) is 11.1 Å². The minimum absolute atomic E-state index is 0. The Morgan fingerprint density at radius 3 is 2.32 bits per heavy atom. The fourth-order valence-corrected chi connectivity index (χ4v) is 4.49. The summed E-state index contributed by atoms with van der Waals surface area (Å²) in [7, 11) is 0. The van der Waals surface area contributed by atoms with Crippen molar-refractivity contribution < 1.29 is 0 Å². The Labute approximate surface area is 205 Å². The van der Waals surface area contributed by atoms with Crippen molar-refractivity contribution in [3.8, 4) is 17.3 Å². The topological polar surface area (TPSA) is 84.7 Å². The molecule has 2 aromatic heterocycles. The van der Waals surface area contributed by atoms with Crippen molar-refractivity contribution in [2.45, 2.75) is 12.5 Å². The second-order valence-corrected chi connectivity index (χ2v) is 8.13. The molecule has 0 saturated carbocycles. The molecule has 2 aromatic carbocycles. The van der Waals surface area contributed by atoms with Crippen LogP contribution in [0.25, 0.3) is 11.3 Å². The first-order valence-corrected chi connectivity index (χ1v) is 11.1. The van der Waals surface area contributed by atoms with E-state index in [2.05, 4.69) is 61.4 Å². The van der Waals surface area contributed by atoms with E-state index in [1.165, 1.54) is 11.1 Å². The molecular formula is C26H26ClN7. The van der Waals surface area contributed by atoms with E-state index in [1.807, 2.05) is 36.7 Å². The van der Waals surface area contributed by atoms with E-state index in [9.17, 15) is 0 Å². The van der Waals surface area contributed by atoms with Gasteiger partial charge in [-0.1, -0.05) is 54.6 Å². The Balaban J connectivity index is 0.00000274. The van der Waals surface area contributed by atoms with Gasteiger partial charge in [0.2, 0.25) is 0 Å². The number of nitriles is 1. The summed E-state index contributed by atoms with van der Waals surface area (Å²) in [4.78, 5) is 14.2. The van der Waals surface area contributed by atoms with Crippen molar-refractivity contribution >= 4 is 18.2 Å². The number of piperazine rings is 1. The first-order valence-electron chi connectivity index (χ1n) is 11.1. The van der Waals surface area contributed by atoms with Crippen LogP contribution in [0.3, 0.4) is 0 Å². The SMILES string of the molecule is Cl.N#CCc1ccc(-c2nccnc2N2CCN(C(c3ccccc3)c3cn[nH]c3)CC2)cc1. The molecule has 1 atom stereocenters. The molecule has 0 spiro atoms. The van der Waals surface area contributed by atoms with E-state index in [0.717, 1.165) is 48.8 Å². The van der Waals surface area contributed by atoms with Gasteiger partial charge in [0.15, 0.2) is 5.82 Å². The van der Waals surface area contributed by atoms with Gasteiger partial charge in [-0.2, -0.15) is 10.4 Å². The first-order chi connectivity index (χ1) is 16.3. The summed E-state index contributed by atoms with van der Waals surface area (Å²) < 4.78 is 0. The molecule has 0 radical (unpaired) electrons. The molecule has 1 aliphatic rings. The van der Waals surface area contributed by atoms with Gasteiger partial charge < -0.3 is 4.90 Å². The van der Waals surface area contributed by atoms with Crippen LogP contribution < -0.4 is 4.90 Å². The van der Waals surface area contributed by atoms with Gasteiger partial charge in [-0.15, -0.1) is 12.4 Å². The summed E-state index contributed by atoms with van der Waals surface area (Å²) in [6.07, 6.45) is 7.81. The second kappa shape index (κ2) is 10.9. The number of aromatic amines is 1. The van der Waals surface area contributed by atoms with E-state index in [0.29, 0.717) is 6.42 Å². The number of H-pyrrole nitrogens is 1. The van der Waals surface area contributed by atoms with Crippen molar-refractivity contribution in [2.24, 2.45) is 0 Å². The first kappa shape index (κ1) is 23.4. The lowest BCUT2D eigenvalue weighted by Crippen LogP contribution is -2.48. The number of halogens is 1. The van der Waals surface area contributed by atoms with Gasteiger partial charge in [-0.25, -0.2) is 4.98 Å². The van der Waals surface area contributed by atoms with Crippen LogP contribution in [0.1, 0.15) is 22.7 Å². The number of hydrogen-bond acceptors (Lipinski definition) is 6.